The topological polar surface area (TPSA) is 16.4 Å². The Kier molecular flexibility index (Phi) is 7.48. The third-order valence-corrected chi connectivity index (χ3v) is 14.1. The van der Waals surface area contributed by atoms with E-state index in [1.54, 1.807) is 0 Å². The van der Waals surface area contributed by atoms with E-state index in [4.69, 9.17) is 4.42 Å². The van der Waals surface area contributed by atoms with E-state index in [2.05, 4.69) is 215 Å². The first kappa shape index (κ1) is 35.1. The predicted molar refractivity (Wildman–Crippen MR) is 253 cm³/mol. The number of allylic oxidation sites excluding steroid dienone is 4. The number of anilines is 3. The van der Waals surface area contributed by atoms with Crippen molar-refractivity contribution in [1.82, 2.24) is 0 Å². The maximum Gasteiger partial charge on any atom is 0.143 e. The van der Waals surface area contributed by atoms with Crippen LogP contribution in [0.5, 0.6) is 0 Å². The molecule has 8 aromatic carbocycles. The van der Waals surface area contributed by atoms with Crippen molar-refractivity contribution in [3.05, 3.63) is 204 Å². The second-order valence-corrected chi connectivity index (χ2v) is 18.1. The van der Waals surface area contributed by atoms with Crippen LogP contribution in [-0.4, -0.2) is 0 Å². The number of fused-ring (bicyclic) bond motifs is 11. The Morgan fingerprint density at radius 2 is 1.17 bits per heavy atom. The summed E-state index contributed by atoms with van der Waals surface area (Å²) < 4.78 is 6.82. The van der Waals surface area contributed by atoms with Crippen LogP contribution in [0.25, 0.3) is 71.7 Å². The highest BCUT2D eigenvalue weighted by Gasteiger charge is 2.43. The first-order valence-corrected chi connectivity index (χ1v) is 21.4. The number of nitrogens with zero attached hydrogens (tertiary/aromatic N) is 1. The quantitative estimate of drug-likeness (QED) is 0.173. The summed E-state index contributed by atoms with van der Waals surface area (Å²) in [4.78, 5) is 2.39. The van der Waals surface area contributed by atoms with Crippen LogP contribution in [0.2, 0.25) is 0 Å². The third-order valence-electron chi connectivity index (χ3n) is 14.1. The number of para-hydroxylation sites is 1. The highest BCUT2D eigenvalue weighted by Crippen LogP contribution is 2.55. The molecule has 12 rings (SSSR count). The van der Waals surface area contributed by atoms with E-state index >= 15 is 0 Å². The molecule has 0 spiro atoms. The Balaban J connectivity index is 0.925. The van der Waals surface area contributed by atoms with Gasteiger partial charge in [0.05, 0.1) is 0 Å². The zero-order chi connectivity index (χ0) is 40.3. The van der Waals surface area contributed by atoms with E-state index in [1.807, 2.05) is 0 Å². The van der Waals surface area contributed by atoms with Crippen LogP contribution < -0.4 is 4.90 Å². The van der Waals surface area contributed by atoms with Gasteiger partial charge in [-0.3, -0.25) is 0 Å². The first-order chi connectivity index (χ1) is 29.3. The standard InChI is InChI=1S/C58H45NO/c1-57(2)51-20-12-10-17-43(51)45-29-25-38(32-53(45)57)49-35-50-47-30-24-37(33-55(47)60-56(50)48-19-9-8-16-42(48)49)36-22-26-40(27-23-36)59(39-14-6-5-7-15-39)41-28-31-46-44-18-11-13-21-52(44)58(3,4)54(46)34-41/h5-20,22-35,52H,21H2,1-4H3. The van der Waals surface area contributed by atoms with Crippen LogP contribution in [0.15, 0.2) is 186 Å². The van der Waals surface area contributed by atoms with Crippen molar-refractivity contribution in [2.45, 2.75) is 44.9 Å². The Bertz CT molecular complexity index is 3280. The molecule has 2 heteroatoms. The lowest BCUT2D eigenvalue weighted by molar-refractivity contribution is 0.415. The molecule has 9 aromatic rings. The summed E-state index contributed by atoms with van der Waals surface area (Å²) in [5.41, 5.74) is 19.8. The summed E-state index contributed by atoms with van der Waals surface area (Å²) in [6, 6.07) is 60.5. The molecule has 3 aliphatic carbocycles. The van der Waals surface area contributed by atoms with Crippen molar-refractivity contribution in [1.29, 1.82) is 0 Å². The van der Waals surface area contributed by atoms with Gasteiger partial charge in [-0.25, -0.2) is 0 Å². The van der Waals surface area contributed by atoms with Crippen molar-refractivity contribution < 1.29 is 4.42 Å². The monoisotopic (exact) mass is 771 g/mol. The van der Waals surface area contributed by atoms with Crippen LogP contribution in [0.3, 0.4) is 0 Å². The van der Waals surface area contributed by atoms with Gasteiger partial charge in [-0.05, 0) is 145 Å². The maximum absolute atomic E-state index is 6.82. The van der Waals surface area contributed by atoms with Crippen molar-refractivity contribution in [3.8, 4) is 33.4 Å². The largest absolute Gasteiger partial charge is 0.455 e. The molecule has 0 radical (unpaired) electrons. The van der Waals surface area contributed by atoms with Crippen molar-refractivity contribution >= 4 is 55.3 Å². The minimum Gasteiger partial charge on any atom is -0.455 e. The second-order valence-electron chi connectivity index (χ2n) is 18.1. The molecule has 60 heavy (non-hydrogen) atoms. The summed E-state index contributed by atoms with van der Waals surface area (Å²) in [5.74, 6) is 0.512. The molecule has 0 saturated carbocycles. The van der Waals surface area contributed by atoms with Crippen LogP contribution in [0, 0.1) is 5.92 Å². The SMILES string of the molecule is CC1(C)c2ccccc2-c2ccc(-c3cc4c5ccc(-c6ccc(N(c7ccccc7)c7ccc8c(c7)C(C)(C)C7CC=CC=C87)cc6)cc5oc4c4ccccc34)cc21. The Labute approximate surface area is 351 Å². The summed E-state index contributed by atoms with van der Waals surface area (Å²) in [6.45, 7) is 9.53. The van der Waals surface area contributed by atoms with Gasteiger partial charge < -0.3 is 9.32 Å². The van der Waals surface area contributed by atoms with Crippen LogP contribution in [-0.2, 0) is 10.8 Å². The minimum absolute atomic E-state index is 0.0588. The van der Waals surface area contributed by atoms with Crippen LogP contribution >= 0.6 is 0 Å². The van der Waals surface area contributed by atoms with Gasteiger partial charge in [0.1, 0.15) is 11.2 Å². The van der Waals surface area contributed by atoms with Gasteiger partial charge in [-0.15, -0.1) is 0 Å². The molecule has 288 valence electrons. The molecule has 1 aromatic heterocycles. The Morgan fingerprint density at radius 3 is 2.02 bits per heavy atom. The van der Waals surface area contributed by atoms with E-state index in [1.165, 1.54) is 61.2 Å². The molecule has 0 fully saturated rings. The smallest absolute Gasteiger partial charge is 0.143 e. The van der Waals surface area contributed by atoms with E-state index in [0.717, 1.165) is 56.2 Å². The minimum atomic E-state index is -0.0631. The number of benzene rings is 8. The maximum atomic E-state index is 6.82. The molecule has 2 nitrogen and oxygen atoms in total. The average Bonchev–Trinajstić information content (AvgIpc) is 3.86. The fraction of sp³-hybridized carbons (Fsp3) is 0.138. The fourth-order valence-electron chi connectivity index (χ4n) is 10.9. The summed E-state index contributed by atoms with van der Waals surface area (Å²) in [7, 11) is 0. The highest BCUT2D eigenvalue weighted by atomic mass is 16.3. The lowest BCUT2D eigenvalue weighted by Crippen LogP contribution is -2.24. The van der Waals surface area contributed by atoms with E-state index < -0.39 is 0 Å². The molecule has 0 N–H and O–H groups in total. The summed E-state index contributed by atoms with van der Waals surface area (Å²) >= 11 is 0. The first-order valence-electron chi connectivity index (χ1n) is 21.4. The number of hydrogen-bond donors (Lipinski definition) is 0. The molecule has 0 bridgehead atoms. The van der Waals surface area contributed by atoms with Gasteiger partial charge >= 0.3 is 0 Å². The van der Waals surface area contributed by atoms with E-state index in [9.17, 15) is 0 Å². The zero-order valence-electron chi connectivity index (χ0n) is 34.5. The fourth-order valence-corrected chi connectivity index (χ4v) is 10.9. The molecule has 1 atom stereocenters. The third kappa shape index (κ3) is 5.07. The second kappa shape index (κ2) is 12.8. The molecule has 1 unspecified atom stereocenters. The molecule has 0 amide bonds. The normalized spacial score (nSPS) is 16.7. The number of rotatable bonds is 5. The lowest BCUT2D eigenvalue weighted by atomic mass is 9.75. The molecule has 0 saturated heterocycles. The molecular formula is C58H45NO. The van der Waals surface area contributed by atoms with Gasteiger partial charge in [0.25, 0.3) is 0 Å². The number of furan rings is 1. The summed E-state index contributed by atoms with van der Waals surface area (Å²) in [5, 5.41) is 4.62. The van der Waals surface area contributed by atoms with Gasteiger partial charge in [0, 0.05) is 38.6 Å². The van der Waals surface area contributed by atoms with Crippen molar-refractivity contribution in [2.75, 3.05) is 4.90 Å². The van der Waals surface area contributed by atoms with Gasteiger partial charge in [0.2, 0.25) is 0 Å². The van der Waals surface area contributed by atoms with Crippen molar-refractivity contribution in [3.63, 3.8) is 0 Å². The van der Waals surface area contributed by atoms with E-state index in [0.29, 0.717) is 5.92 Å². The Morgan fingerprint density at radius 1 is 0.483 bits per heavy atom. The van der Waals surface area contributed by atoms with Gasteiger partial charge in [0.15, 0.2) is 0 Å². The predicted octanol–water partition coefficient (Wildman–Crippen LogP) is 16.1. The van der Waals surface area contributed by atoms with E-state index in [-0.39, 0.29) is 10.8 Å². The number of hydrogen-bond acceptors (Lipinski definition) is 2. The lowest BCUT2D eigenvalue weighted by Gasteiger charge is -2.30. The van der Waals surface area contributed by atoms with Crippen LogP contribution in [0.1, 0.15) is 56.4 Å². The van der Waals surface area contributed by atoms with Crippen molar-refractivity contribution in [2.24, 2.45) is 5.92 Å². The molecule has 1 heterocycles. The average molecular weight is 772 g/mol. The zero-order valence-corrected chi connectivity index (χ0v) is 34.5. The Hall–Kier alpha value is -6.90. The summed E-state index contributed by atoms with van der Waals surface area (Å²) in [6.07, 6.45) is 7.96. The van der Waals surface area contributed by atoms with Gasteiger partial charge in [-0.2, -0.15) is 0 Å². The van der Waals surface area contributed by atoms with Crippen LogP contribution in [0.4, 0.5) is 17.1 Å². The molecule has 3 aliphatic rings. The molecule has 0 aliphatic heterocycles. The highest BCUT2D eigenvalue weighted by molar-refractivity contribution is 6.19. The van der Waals surface area contributed by atoms with Gasteiger partial charge in [-0.1, -0.05) is 149 Å². The molecular weight excluding hydrogens is 727 g/mol.